The number of nitrogens with zero attached hydrogens (tertiary/aromatic N) is 1. The van der Waals surface area contributed by atoms with E-state index in [0.717, 1.165) is 18.8 Å². The summed E-state index contributed by atoms with van der Waals surface area (Å²) in [7, 11) is 0. The van der Waals surface area contributed by atoms with Crippen molar-refractivity contribution >= 4 is 0 Å². The topological polar surface area (TPSA) is 23.8 Å². The number of hydrogen-bond donors (Lipinski definition) is 0. The first-order valence-electron chi connectivity index (χ1n) is 14.5. The Balaban J connectivity index is 5.13. The minimum Gasteiger partial charge on any atom is -0.198 e. The van der Waals surface area contributed by atoms with Gasteiger partial charge in [0, 0.05) is 0 Å². The van der Waals surface area contributed by atoms with E-state index in [1.54, 1.807) is 0 Å². The van der Waals surface area contributed by atoms with Gasteiger partial charge in [-0.1, -0.05) is 130 Å². The van der Waals surface area contributed by atoms with Crippen LogP contribution in [0.5, 0.6) is 0 Å². The van der Waals surface area contributed by atoms with Crippen molar-refractivity contribution in [2.45, 2.75) is 162 Å². The first-order valence-corrected chi connectivity index (χ1v) is 14.5. The molecule has 0 saturated carbocycles. The molecule has 1 nitrogen and oxygen atoms in total. The molecule has 34 heavy (non-hydrogen) atoms. The SMILES string of the molecule is CCC(C)(C)C(C)CCC(C)(C)C(C)(C)CCCCC(C)(CC)C(C)(C)C(C#N)CC(C)(C)C. The van der Waals surface area contributed by atoms with Gasteiger partial charge >= 0.3 is 0 Å². The van der Waals surface area contributed by atoms with Crippen molar-refractivity contribution in [3.05, 3.63) is 0 Å². The van der Waals surface area contributed by atoms with Crippen molar-refractivity contribution in [1.29, 1.82) is 5.26 Å². The Hall–Kier alpha value is -0.510. The highest BCUT2D eigenvalue weighted by Gasteiger charge is 2.46. The molecule has 0 spiro atoms. The van der Waals surface area contributed by atoms with Crippen LogP contribution in [0, 0.1) is 55.7 Å². The van der Waals surface area contributed by atoms with Gasteiger partial charge in [-0.15, -0.1) is 0 Å². The van der Waals surface area contributed by atoms with Gasteiger partial charge < -0.3 is 0 Å². The monoisotopic (exact) mass is 476 g/mol. The molecule has 0 fully saturated rings. The smallest absolute Gasteiger partial charge is 0.0661 e. The molecule has 0 N–H and O–H groups in total. The summed E-state index contributed by atoms with van der Waals surface area (Å²) in [5.74, 6) is 0.864. The van der Waals surface area contributed by atoms with Crippen LogP contribution in [0.15, 0.2) is 0 Å². The summed E-state index contributed by atoms with van der Waals surface area (Å²) >= 11 is 0. The fourth-order valence-electron chi connectivity index (χ4n) is 5.53. The molecule has 0 aliphatic rings. The predicted octanol–water partition coefficient (Wildman–Crippen LogP) is 11.5. The van der Waals surface area contributed by atoms with Crippen molar-refractivity contribution < 1.29 is 0 Å². The Morgan fingerprint density at radius 2 is 1.15 bits per heavy atom. The summed E-state index contributed by atoms with van der Waals surface area (Å²) in [5.41, 5.74) is 1.51. The van der Waals surface area contributed by atoms with Gasteiger partial charge in [-0.05, 0) is 70.5 Å². The van der Waals surface area contributed by atoms with Gasteiger partial charge in [-0.3, -0.25) is 0 Å². The lowest BCUT2D eigenvalue weighted by Gasteiger charge is -2.48. The summed E-state index contributed by atoms with van der Waals surface area (Å²) in [5, 5.41) is 10.1. The molecule has 0 aliphatic carbocycles. The third-order valence-electron chi connectivity index (χ3n) is 11.2. The average Bonchev–Trinajstić information content (AvgIpc) is 2.71. The van der Waals surface area contributed by atoms with Crippen molar-refractivity contribution in [3.63, 3.8) is 0 Å². The van der Waals surface area contributed by atoms with Crippen LogP contribution in [0.2, 0.25) is 0 Å². The van der Waals surface area contributed by atoms with E-state index in [4.69, 9.17) is 0 Å². The molecule has 1 heteroatoms. The maximum Gasteiger partial charge on any atom is 0.0661 e. The molecule has 0 aliphatic heterocycles. The molecule has 0 saturated heterocycles. The largest absolute Gasteiger partial charge is 0.198 e. The zero-order chi connectivity index (χ0) is 27.2. The highest BCUT2D eigenvalue weighted by molar-refractivity contribution is 5.02. The number of unbranched alkanes of at least 4 members (excludes halogenated alkanes) is 1. The molecule has 0 aromatic heterocycles. The zero-order valence-corrected chi connectivity index (χ0v) is 26.5. The van der Waals surface area contributed by atoms with Crippen LogP contribution in [0.25, 0.3) is 0 Å². The third kappa shape index (κ3) is 8.86. The van der Waals surface area contributed by atoms with Crippen LogP contribution in [0.4, 0.5) is 0 Å². The zero-order valence-electron chi connectivity index (χ0n) is 26.5. The summed E-state index contributed by atoms with van der Waals surface area (Å²) in [6, 6.07) is 2.71. The van der Waals surface area contributed by atoms with E-state index in [0.29, 0.717) is 16.2 Å². The standard InChI is InChI=1S/C33H65N/c1-16-29(7,8)26(3)20-23-31(11,12)30(9,10)21-18-19-22-33(15,17-2)32(13,14)27(25-34)24-28(4,5)6/h26-27H,16-24H2,1-15H3. The minimum atomic E-state index is 0.0147. The molecule has 0 bridgehead atoms. The normalized spacial score (nSPS) is 17.7. The number of rotatable bonds is 15. The fourth-order valence-corrected chi connectivity index (χ4v) is 5.53. The van der Waals surface area contributed by atoms with E-state index < -0.39 is 0 Å². The number of nitriles is 1. The minimum absolute atomic E-state index is 0.0147. The molecule has 3 atom stereocenters. The van der Waals surface area contributed by atoms with Crippen LogP contribution < -0.4 is 0 Å². The summed E-state index contributed by atoms with van der Waals surface area (Å²) in [6.07, 6.45) is 11.1. The van der Waals surface area contributed by atoms with Crippen LogP contribution in [0.1, 0.15) is 162 Å². The van der Waals surface area contributed by atoms with Gasteiger partial charge in [0.15, 0.2) is 0 Å². The van der Waals surface area contributed by atoms with Gasteiger partial charge in [0.2, 0.25) is 0 Å². The second-order valence-electron chi connectivity index (χ2n) is 15.8. The first-order chi connectivity index (χ1) is 15.1. The van der Waals surface area contributed by atoms with Crippen LogP contribution in [-0.4, -0.2) is 0 Å². The van der Waals surface area contributed by atoms with E-state index in [2.05, 4.69) is 110 Å². The molecular formula is C33H65N. The third-order valence-corrected chi connectivity index (χ3v) is 11.2. The van der Waals surface area contributed by atoms with Gasteiger partial charge in [0.1, 0.15) is 0 Å². The second kappa shape index (κ2) is 12.2. The highest BCUT2D eigenvalue weighted by Crippen LogP contribution is 2.53. The van der Waals surface area contributed by atoms with E-state index in [-0.39, 0.29) is 22.2 Å². The van der Waals surface area contributed by atoms with Gasteiger partial charge in [-0.2, -0.15) is 5.26 Å². The molecule has 0 aromatic rings. The van der Waals surface area contributed by atoms with Gasteiger partial charge in [0.05, 0.1) is 12.0 Å². The number of hydrogen-bond acceptors (Lipinski definition) is 1. The Labute approximate surface area is 217 Å². The Kier molecular flexibility index (Phi) is 12.0. The maximum absolute atomic E-state index is 10.1. The van der Waals surface area contributed by atoms with E-state index in [1.807, 2.05) is 0 Å². The van der Waals surface area contributed by atoms with Crippen molar-refractivity contribution in [2.75, 3.05) is 0 Å². The second-order valence-corrected chi connectivity index (χ2v) is 15.8. The van der Waals surface area contributed by atoms with Gasteiger partial charge in [0.25, 0.3) is 0 Å². The van der Waals surface area contributed by atoms with Crippen molar-refractivity contribution in [2.24, 2.45) is 44.3 Å². The molecule has 0 rings (SSSR count). The molecule has 0 radical (unpaired) electrons. The van der Waals surface area contributed by atoms with E-state index >= 15 is 0 Å². The Morgan fingerprint density at radius 3 is 1.56 bits per heavy atom. The van der Waals surface area contributed by atoms with E-state index in [1.165, 1.54) is 44.9 Å². The quantitative estimate of drug-likeness (QED) is 0.216. The maximum atomic E-state index is 10.1. The Bertz CT molecular complexity index is 636. The summed E-state index contributed by atoms with van der Waals surface area (Å²) in [4.78, 5) is 0. The lowest BCUT2D eigenvalue weighted by molar-refractivity contribution is 0.0135. The lowest BCUT2D eigenvalue weighted by Crippen LogP contribution is -2.42. The lowest BCUT2D eigenvalue weighted by atomic mass is 9.55. The van der Waals surface area contributed by atoms with Crippen molar-refractivity contribution in [3.8, 4) is 6.07 Å². The molecule has 202 valence electrons. The van der Waals surface area contributed by atoms with Crippen LogP contribution in [0.3, 0.4) is 0 Å². The molecular weight excluding hydrogens is 410 g/mol. The molecule has 0 amide bonds. The molecule has 0 heterocycles. The predicted molar refractivity (Wildman–Crippen MR) is 154 cm³/mol. The summed E-state index contributed by atoms with van der Waals surface area (Å²) in [6.45, 7) is 36.0. The molecule has 3 unspecified atom stereocenters. The first kappa shape index (κ1) is 33.5. The highest BCUT2D eigenvalue weighted by atomic mass is 14.5. The fraction of sp³-hybridized carbons (Fsp3) is 0.970. The average molecular weight is 476 g/mol. The van der Waals surface area contributed by atoms with Crippen molar-refractivity contribution in [1.82, 2.24) is 0 Å². The van der Waals surface area contributed by atoms with Crippen LogP contribution >= 0.6 is 0 Å². The Morgan fingerprint density at radius 1 is 0.676 bits per heavy atom. The van der Waals surface area contributed by atoms with Gasteiger partial charge in [-0.25, -0.2) is 0 Å². The molecule has 0 aromatic carbocycles. The van der Waals surface area contributed by atoms with E-state index in [9.17, 15) is 5.26 Å². The van der Waals surface area contributed by atoms with Crippen LogP contribution in [-0.2, 0) is 0 Å². The summed E-state index contributed by atoms with van der Waals surface area (Å²) < 4.78 is 0.